The van der Waals surface area contributed by atoms with Gasteiger partial charge in [-0.1, -0.05) is 16.9 Å². The Morgan fingerprint density at radius 2 is 1.94 bits per heavy atom. The Balaban J connectivity index is 3.25. The maximum Gasteiger partial charge on any atom is 0.318 e. The van der Waals surface area contributed by atoms with Gasteiger partial charge in [-0.2, -0.15) is 0 Å². The molecule has 0 bridgehead atoms. The number of piperazine rings is 1. The van der Waals surface area contributed by atoms with Crippen LogP contribution in [0.25, 0.3) is 0 Å². The summed E-state index contributed by atoms with van der Waals surface area (Å²) in [7, 11) is 3.63. The number of carbonyl (C=O) groups excluding carboxylic acids is 3. The van der Waals surface area contributed by atoms with Crippen LogP contribution in [0.1, 0.15) is 6.42 Å². The quantitative estimate of drug-likeness (QED) is 0.261. The molecule has 16 heavy (non-hydrogen) atoms. The molecular formula is C9H12N2O3S2. The molecule has 88 valence electrons. The molecule has 3 amide bonds. The van der Waals surface area contributed by atoms with Crippen molar-refractivity contribution in [2.24, 2.45) is 0 Å². The van der Waals surface area contributed by atoms with Gasteiger partial charge in [0.2, 0.25) is 0 Å². The van der Waals surface area contributed by atoms with Crippen LogP contribution in [-0.4, -0.2) is 46.5 Å². The molecule has 1 aliphatic rings. The summed E-state index contributed by atoms with van der Waals surface area (Å²) in [6.07, 6.45) is 1.76. The predicted molar refractivity (Wildman–Crippen MR) is 64.7 cm³/mol. The third-order valence-electron chi connectivity index (χ3n) is 2.54. The standard InChI is InChI=1S/C9H12N2O3S2/c1-4-5-9(16-15)8(14)10(2)6(12)7(13)11(9)3/h4,15H,1,5H2,2-3H3. The molecule has 1 fully saturated rings. The van der Waals surface area contributed by atoms with Crippen LogP contribution >= 0.6 is 22.5 Å². The van der Waals surface area contributed by atoms with E-state index in [0.717, 1.165) is 20.6 Å². The van der Waals surface area contributed by atoms with Crippen molar-refractivity contribution in [3.8, 4) is 0 Å². The highest BCUT2D eigenvalue weighted by molar-refractivity contribution is 8.69. The highest BCUT2D eigenvalue weighted by atomic mass is 33.1. The Morgan fingerprint density at radius 1 is 1.38 bits per heavy atom. The topological polar surface area (TPSA) is 57.7 Å². The summed E-state index contributed by atoms with van der Waals surface area (Å²) >= 11 is 4.03. The molecule has 0 aromatic rings. The Bertz CT molecular complexity index is 372. The van der Waals surface area contributed by atoms with Crippen molar-refractivity contribution in [2.75, 3.05) is 14.1 Å². The molecule has 1 unspecified atom stereocenters. The third-order valence-corrected chi connectivity index (χ3v) is 4.37. The minimum Gasteiger partial charge on any atom is -0.313 e. The second kappa shape index (κ2) is 4.50. The van der Waals surface area contributed by atoms with E-state index in [1.54, 1.807) is 0 Å². The molecule has 0 N–H and O–H groups in total. The lowest BCUT2D eigenvalue weighted by molar-refractivity contribution is -0.166. The van der Waals surface area contributed by atoms with E-state index < -0.39 is 22.6 Å². The summed E-state index contributed by atoms with van der Waals surface area (Å²) in [6.45, 7) is 3.54. The lowest BCUT2D eigenvalue weighted by atomic mass is 10.1. The highest BCUT2D eigenvalue weighted by Gasteiger charge is 2.53. The van der Waals surface area contributed by atoms with E-state index in [2.05, 4.69) is 18.2 Å². The number of thiol groups is 1. The second-order valence-corrected chi connectivity index (χ2v) is 4.81. The van der Waals surface area contributed by atoms with Crippen LogP contribution in [0.3, 0.4) is 0 Å². The van der Waals surface area contributed by atoms with Crippen LogP contribution in [0.4, 0.5) is 0 Å². The molecule has 1 heterocycles. The minimum absolute atomic E-state index is 0.236. The molecule has 5 nitrogen and oxygen atoms in total. The molecule has 1 rings (SSSR count). The van der Waals surface area contributed by atoms with Gasteiger partial charge in [0.1, 0.15) is 0 Å². The maximum atomic E-state index is 12.0. The van der Waals surface area contributed by atoms with Gasteiger partial charge in [0.25, 0.3) is 5.91 Å². The SMILES string of the molecule is C=CCC1(SS)C(=O)N(C)C(=O)C(=O)N1C. The first-order valence-electron chi connectivity index (χ1n) is 4.46. The average Bonchev–Trinajstić information content (AvgIpc) is 2.30. The van der Waals surface area contributed by atoms with Gasteiger partial charge in [0.05, 0.1) is 0 Å². The molecule has 0 spiro atoms. The molecule has 7 heteroatoms. The predicted octanol–water partition coefficient (Wildman–Crippen LogP) is 0.294. The van der Waals surface area contributed by atoms with Gasteiger partial charge in [-0.05, 0) is 0 Å². The van der Waals surface area contributed by atoms with E-state index in [4.69, 9.17) is 0 Å². The van der Waals surface area contributed by atoms with Crippen LogP contribution < -0.4 is 0 Å². The number of hydrogen-bond donors (Lipinski definition) is 1. The minimum atomic E-state index is -1.18. The number of imide groups is 1. The van der Waals surface area contributed by atoms with Crippen molar-refractivity contribution < 1.29 is 14.4 Å². The fourth-order valence-corrected chi connectivity index (χ4v) is 2.94. The van der Waals surface area contributed by atoms with E-state index in [1.165, 1.54) is 20.2 Å². The van der Waals surface area contributed by atoms with E-state index >= 15 is 0 Å². The number of amides is 3. The molecule has 1 aliphatic heterocycles. The van der Waals surface area contributed by atoms with Crippen LogP contribution in [0.15, 0.2) is 12.7 Å². The van der Waals surface area contributed by atoms with Crippen molar-refractivity contribution in [3.05, 3.63) is 12.7 Å². The van der Waals surface area contributed by atoms with Gasteiger partial charge < -0.3 is 4.90 Å². The smallest absolute Gasteiger partial charge is 0.313 e. The Hall–Kier alpha value is -0.950. The van der Waals surface area contributed by atoms with Gasteiger partial charge in [0, 0.05) is 20.5 Å². The van der Waals surface area contributed by atoms with Crippen molar-refractivity contribution in [1.29, 1.82) is 0 Å². The number of likely N-dealkylation sites (N-methyl/N-ethyl adjacent to an activating group) is 2. The van der Waals surface area contributed by atoms with Gasteiger partial charge in [-0.15, -0.1) is 18.2 Å². The second-order valence-electron chi connectivity index (χ2n) is 3.40. The lowest BCUT2D eigenvalue weighted by Gasteiger charge is -2.43. The van der Waals surface area contributed by atoms with Gasteiger partial charge in [-0.3, -0.25) is 19.3 Å². The molecule has 1 saturated heterocycles. The van der Waals surface area contributed by atoms with Crippen LogP contribution in [0, 0.1) is 0 Å². The third kappa shape index (κ3) is 1.63. The first kappa shape index (κ1) is 13.1. The fourth-order valence-electron chi connectivity index (χ4n) is 1.51. The van der Waals surface area contributed by atoms with E-state index in [0.29, 0.717) is 0 Å². The molecule has 0 saturated carbocycles. The molecule has 0 aromatic carbocycles. The van der Waals surface area contributed by atoms with Gasteiger partial charge in [-0.25, -0.2) is 0 Å². The molecular weight excluding hydrogens is 248 g/mol. The van der Waals surface area contributed by atoms with Gasteiger partial charge >= 0.3 is 11.8 Å². The first-order valence-corrected chi connectivity index (χ1v) is 6.33. The Kier molecular flexibility index (Phi) is 3.69. The molecule has 0 aliphatic carbocycles. The van der Waals surface area contributed by atoms with Crippen molar-refractivity contribution >= 4 is 40.2 Å². The average molecular weight is 260 g/mol. The summed E-state index contributed by atoms with van der Waals surface area (Å²) in [5.74, 6) is -2.00. The van der Waals surface area contributed by atoms with Crippen LogP contribution in [0.2, 0.25) is 0 Å². The summed E-state index contributed by atoms with van der Waals surface area (Å²) in [5, 5.41) is 0. The highest BCUT2D eigenvalue weighted by Crippen LogP contribution is 2.39. The molecule has 1 atom stereocenters. The van der Waals surface area contributed by atoms with Gasteiger partial charge in [0.15, 0.2) is 4.87 Å². The van der Waals surface area contributed by atoms with Crippen molar-refractivity contribution in [2.45, 2.75) is 11.3 Å². The summed E-state index contributed by atoms with van der Waals surface area (Å²) in [6, 6.07) is 0. The van der Waals surface area contributed by atoms with Crippen LogP contribution in [0.5, 0.6) is 0 Å². The lowest BCUT2D eigenvalue weighted by Crippen LogP contribution is -2.66. The zero-order valence-corrected chi connectivity index (χ0v) is 10.7. The summed E-state index contributed by atoms with van der Waals surface area (Å²) in [5.41, 5.74) is 0. The fraction of sp³-hybridized carbons (Fsp3) is 0.444. The zero-order valence-electron chi connectivity index (χ0n) is 8.97. The summed E-state index contributed by atoms with van der Waals surface area (Å²) < 4.78 is 0. The maximum absolute atomic E-state index is 12.0. The van der Waals surface area contributed by atoms with E-state index in [9.17, 15) is 14.4 Å². The number of nitrogens with zero attached hydrogens (tertiary/aromatic N) is 2. The monoisotopic (exact) mass is 260 g/mol. The molecule has 0 aromatic heterocycles. The first-order chi connectivity index (χ1) is 7.42. The van der Waals surface area contributed by atoms with E-state index in [-0.39, 0.29) is 6.42 Å². The van der Waals surface area contributed by atoms with Crippen LogP contribution in [-0.2, 0) is 14.4 Å². The Morgan fingerprint density at radius 3 is 2.38 bits per heavy atom. The molecule has 0 radical (unpaired) electrons. The van der Waals surface area contributed by atoms with E-state index in [1.807, 2.05) is 0 Å². The number of carbonyl (C=O) groups is 3. The number of hydrogen-bond acceptors (Lipinski definition) is 5. The zero-order chi connectivity index (χ0) is 12.5. The van der Waals surface area contributed by atoms with Crippen molar-refractivity contribution in [3.63, 3.8) is 0 Å². The number of rotatable bonds is 3. The normalized spacial score (nSPS) is 26.3. The van der Waals surface area contributed by atoms with Crippen molar-refractivity contribution in [1.82, 2.24) is 9.80 Å². The summed E-state index contributed by atoms with van der Waals surface area (Å²) in [4.78, 5) is 35.8. The largest absolute Gasteiger partial charge is 0.318 e. The Labute approximate surface area is 103 Å².